The third-order valence-corrected chi connectivity index (χ3v) is 1.69. The first-order valence-corrected chi connectivity index (χ1v) is 4.58. The van der Waals surface area contributed by atoms with E-state index in [1.807, 2.05) is 14.1 Å². The van der Waals surface area contributed by atoms with Gasteiger partial charge in [0.05, 0.1) is 7.11 Å². The summed E-state index contributed by atoms with van der Waals surface area (Å²) in [7, 11) is 5.17. The van der Waals surface area contributed by atoms with Crippen LogP contribution in [0.1, 0.15) is 12.8 Å². The van der Waals surface area contributed by atoms with E-state index in [-0.39, 0.29) is 0 Å². The summed E-state index contributed by atoms with van der Waals surface area (Å²) in [4.78, 5) is 23.6. The minimum absolute atomic E-state index is 0.516. The fourth-order valence-electron chi connectivity index (χ4n) is 0.920. The van der Waals surface area contributed by atoms with Gasteiger partial charge in [-0.25, -0.2) is 4.79 Å². The van der Waals surface area contributed by atoms with E-state index in [9.17, 15) is 9.59 Å². The summed E-state index contributed by atoms with van der Waals surface area (Å²) in [5.41, 5.74) is 0. The molecule has 82 valence electrons. The average molecular weight is 202 g/mol. The third kappa shape index (κ3) is 6.42. The van der Waals surface area contributed by atoms with E-state index < -0.39 is 11.9 Å². The van der Waals surface area contributed by atoms with Crippen LogP contribution in [0.5, 0.6) is 0 Å². The Morgan fingerprint density at radius 3 is 2.43 bits per heavy atom. The van der Waals surface area contributed by atoms with Crippen LogP contribution in [0.25, 0.3) is 0 Å². The lowest BCUT2D eigenvalue weighted by molar-refractivity contribution is -0.152. The molecule has 0 aliphatic heterocycles. The molecule has 0 aromatic heterocycles. The Labute approximate surface area is 84.4 Å². The minimum atomic E-state index is -0.836. The van der Waals surface area contributed by atoms with Gasteiger partial charge in [-0.15, -0.1) is 0 Å². The summed E-state index contributed by atoms with van der Waals surface area (Å²) in [6.07, 6.45) is 1.86. The number of nitrogens with zero attached hydrogens (tertiary/aromatic N) is 1. The Morgan fingerprint density at radius 1 is 1.29 bits per heavy atom. The lowest BCUT2D eigenvalue weighted by Gasteiger charge is -2.08. The van der Waals surface area contributed by atoms with E-state index in [1.54, 1.807) is 0 Å². The lowest BCUT2D eigenvalue weighted by atomic mass is 10.3. The smallest absolute Gasteiger partial charge is 0.396 e. The highest BCUT2D eigenvalue weighted by atomic mass is 16.5. The van der Waals surface area contributed by atoms with E-state index in [2.05, 4.69) is 15.0 Å². The number of carbonyl (C=O) groups excluding carboxylic acids is 2. The Bertz CT molecular complexity index is 192. The zero-order chi connectivity index (χ0) is 11.0. The molecule has 0 aliphatic rings. The molecule has 1 N–H and O–H groups in total. The molecule has 5 nitrogen and oxygen atoms in total. The molecular formula is C9H18N2O3. The van der Waals surface area contributed by atoms with Crippen molar-refractivity contribution in [3.8, 4) is 0 Å². The first-order chi connectivity index (χ1) is 6.57. The molecule has 5 heteroatoms. The van der Waals surface area contributed by atoms with Crippen LogP contribution >= 0.6 is 0 Å². The summed E-state index contributed by atoms with van der Waals surface area (Å²) in [5.74, 6) is -1.50. The highest BCUT2D eigenvalue weighted by Crippen LogP contribution is 1.88. The lowest BCUT2D eigenvalue weighted by Crippen LogP contribution is -2.32. The van der Waals surface area contributed by atoms with E-state index in [1.165, 1.54) is 7.11 Å². The number of unbranched alkanes of at least 4 members (excludes halogenated alkanes) is 1. The molecule has 0 spiro atoms. The van der Waals surface area contributed by atoms with Gasteiger partial charge in [-0.2, -0.15) is 0 Å². The van der Waals surface area contributed by atoms with Crippen LogP contribution in [0.15, 0.2) is 0 Å². The molecule has 0 aromatic rings. The zero-order valence-corrected chi connectivity index (χ0v) is 9.00. The average Bonchev–Trinajstić information content (AvgIpc) is 2.15. The SMILES string of the molecule is COC(=O)C(=O)NCCCCN(C)C. The summed E-state index contributed by atoms with van der Waals surface area (Å²) in [6.45, 7) is 1.50. The maximum atomic E-state index is 10.9. The van der Waals surface area contributed by atoms with Crippen molar-refractivity contribution < 1.29 is 14.3 Å². The normalized spacial score (nSPS) is 10.0. The molecule has 0 radical (unpaired) electrons. The number of esters is 1. The van der Waals surface area contributed by atoms with Gasteiger partial charge in [0.15, 0.2) is 0 Å². The summed E-state index contributed by atoms with van der Waals surface area (Å²) < 4.78 is 4.25. The number of ether oxygens (including phenoxy) is 1. The second-order valence-corrected chi connectivity index (χ2v) is 3.26. The van der Waals surface area contributed by atoms with Gasteiger partial charge >= 0.3 is 11.9 Å². The molecule has 0 rings (SSSR count). The topological polar surface area (TPSA) is 58.6 Å². The number of hydrogen-bond acceptors (Lipinski definition) is 4. The highest BCUT2D eigenvalue weighted by Gasteiger charge is 2.11. The fraction of sp³-hybridized carbons (Fsp3) is 0.778. The van der Waals surface area contributed by atoms with Crippen LogP contribution in [0.2, 0.25) is 0 Å². The molecule has 0 atom stereocenters. The Morgan fingerprint density at radius 2 is 1.93 bits per heavy atom. The Kier molecular flexibility index (Phi) is 6.74. The van der Waals surface area contributed by atoms with Crippen molar-refractivity contribution in [2.24, 2.45) is 0 Å². The Hall–Kier alpha value is -1.10. The number of nitrogens with one attached hydrogen (secondary N) is 1. The van der Waals surface area contributed by atoms with E-state index in [0.717, 1.165) is 19.4 Å². The molecule has 0 unspecified atom stereocenters. The first-order valence-electron chi connectivity index (χ1n) is 4.58. The molecular weight excluding hydrogens is 184 g/mol. The number of methoxy groups -OCH3 is 1. The number of carbonyl (C=O) groups is 2. The second-order valence-electron chi connectivity index (χ2n) is 3.26. The van der Waals surface area contributed by atoms with Crippen molar-refractivity contribution in [2.45, 2.75) is 12.8 Å². The van der Waals surface area contributed by atoms with Crippen molar-refractivity contribution in [3.63, 3.8) is 0 Å². The van der Waals surface area contributed by atoms with Crippen LogP contribution in [-0.2, 0) is 14.3 Å². The standard InChI is InChI=1S/C9H18N2O3/c1-11(2)7-5-4-6-10-8(12)9(13)14-3/h4-7H2,1-3H3,(H,10,12). The van der Waals surface area contributed by atoms with Crippen LogP contribution in [0.4, 0.5) is 0 Å². The molecule has 1 amide bonds. The molecule has 0 fully saturated rings. The summed E-state index contributed by atoms with van der Waals surface area (Å²) in [5, 5.41) is 2.48. The van der Waals surface area contributed by atoms with Crippen molar-refractivity contribution in [1.82, 2.24) is 10.2 Å². The summed E-state index contributed by atoms with van der Waals surface area (Å²) in [6, 6.07) is 0. The van der Waals surface area contributed by atoms with E-state index in [4.69, 9.17) is 0 Å². The van der Waals surface area contributed by atoms with Crippen molar-refractivity contribution in [3.05, 3.63) is 0 Å². The van der Waals surface area contributed by atoms with Crippen molar-refractivity contribution >= 4 is 11.9 Å². The molecule has 0 saturated carbocycles. The van der Waals surface area contributed by atoms with Crippen LogP contribution in [-0.4, -0.2) is 51.1 Å². The molecule has 0 heterocycles. The largest absolute Gasteiger partial charge is 0.462 e. The highest BCUT2D eigenvalue weighted by molar-refractivity contribution is 6.32. The van der Waals surface area contributed by atoms with Crippen LogP contribution in [0.3, 0.4) is 0 Å². The molecule has 0 aromatic carbocycles. The molecule has 0 saturated heterocycles. The first kappa shape index (κ1) is 12.9. The molecule has 0 bridgehead atoms. The Balaban J connectivity index is 3.36. The van der Waals surface area contributed by atoms with Crippen molar-refractivity contribution in [1.29, 1.82) is 0 Å². The fourth-order valence-corrected chi connectivity index (χ4v) is 0.920. The van der Waals surface area contributed by atoms with Gasteiger partial charge in [0.1, 0.15) is 0 Å². The van der Waals surface area contributed by atoms with Gasteiger partial charge in [0.2, 0.25) is 0 Å². The van der Waals surface area contributed by atoms with Gasteiger partial charge in [-0.1, -0.05) is 0 Å². The predicted octanol–water partition coefficient (Wildman–Crippen LogP) is -0.383. The van der Waals surface area contributed by atoms with Gasteiger partial charge in [0.25, 0.3) is 0 Å². The van der Waals surface area contributed by atoms with Gasteiger partial charge < -0.3 is 15.0 Å². The van der Waals surface area contributed by atoms with Crippen LogP contribution < -0.4 is 5.32 Å². The van der Waals surface area contributed by atoms with Crippen LogP contribution in [0, 0.1) is 0 Å². The minimum Gasteiger partial charge on any atom is -0.462 e. The number of amides is 1. The van der Waals surface area contributed by atoms with E-state index in [0.29, 0.717) is 6.54 Å². The summed E-state index contributed by atoms with van der Waals surface area (Å²) >= 11 is 0. The predicted molar refractivity (Wildman–Crippen MR) is 52.8 cm³/mol. The number of rotatable bonds is 5. The quantitative estimate of drug-likeness (QED) is 0.375. The maximum absolute atomic E-state index is 10.9. The second kappa shape index (κ2) is 7.32. The molecule has 0 aliphatic carbocycles. The van der Waals surface area contributed by atoms with Gasteiger partial charge in [-0.05, 0) is 33.5 Å². The van der Waals surface area contributed by atoms with Gasteiger partial charge in [-0.3, -0.25) is 4.79 Å². The zero-order valence-electron chi connectivity index (χ0n) is 9.00. The maximum Gasteiger partial charge on any atom is 0.396 e. The van der Waals surface area contributed by atoms with Crippen molar-refractivity contribution in [2.75, 3.05) is 34.3 Å². The monoisotopic (exact) mass is 202 g/mol. The number of hydrogen-bond donors (Lipinski definition) is 1. The van der Waals surface area contributed by atoms with Gasteiger partial charge in [0, 0.05) is 6.54 Å². The van der Waals surface area contributed by atoms with E-state index >= 15 is 0 Å². The third-order valence-electron chi connectivity index (χ3n) is 1.69. The molecule has 14 heavy (non-hydrogen) atoms.